The topological polar surface area (TPSA) is 86.9 Å². The molecule has 8 nitrogen and oxygen atoms in total. The molecule has 1 saturated carbocycles. The molecule has 0 saturated heterocycles. The van der Waals surface area contributed by atoms with E-state index in [1.807, 2.05) is 39.0 Å². The third-order valence-corrected chi connectivity index (χ3v) is 8.98. The van der Waals surface area contributed by atoms with Crippen molar-refractivity contribution in [1.82, 2.24) is 15.2 Å². The van der Waals surface area contributed by atoms with Crippen LogP contribution in [-0.4, -0.2) is 61.8 Å². The monoisotopic (exact) mass is 622 g/mol. The molecule has 1 heterocycles. The number of ether oxygens (including phenoxy) is 2. The van der Waals surface area contributed by atoms with Crippen LogP contribution < -0.4 is 20.4 Å². The number of methoxy groups -OCH3 is 1. The minimum absolute atomic E-state index is 0.0820. The van der Waals surface area contributed by atoms with Gasteiger partial charge in [0.25, 0.3) is 5.91 Å². The van der Waals surface area contributed by atoms with Gasteiger partial charge in [-0.1, -0.05) is 23.7 Å². The average Bonchev–Trinajstić information content (AvgIpc) is 2.99. The molecule has 2 N–H and O–H groups in total. The summed E-state index contributed by atoms with van der Waals surface area (Å²) < 4.78 is 10.9. The Hall–Kier alpha value is -3.33. The first-order chi connectivity index (χ1) is 21.1. The number of pyridine rings is 1. The largest absolute Gasteiger partial charge is 0.491 e. The zero-order valence-corrected chi connectivity index (χ0v) is 27.7. The minimum Gasteiger partial charge on any atom is -0.491 e. The molecule has 0 aliphatic heterocycles. The first-order valence-electron chi connectivity index (χ1n) is 15.6. The first kappa shape index (κ1) is 33.6. The number of carbonyl (C=O) groups is 1. The van der Waals surface area contributed by atoms with E-state index in [1.165, 1.54) is 5.56 Å². The lowest BCUT2D eigenvalue weighted by Gasteiger charge is -2.41. The molecule has 238 valence electrons. The van der Waals surface area contributed by atoms with Gasteiger partial charge in [0.2, 0.25) is 0 Å². The molecule has 0 bridgehead atoms. The number of benzene rings is 2. The Kier molecular flexibility index (Phi) is 11.9. The highest BCUT2D eigenvalue weighted by molar-refractivity contribution is 6.31. The second kappa shape index (κ2) is 15.6. The maximum absolute atomic E-state index is 13.4. The lowest BCUT2D eigenvalue weighted by molar-refractivity contribution is 0.0950. The van der Waals surface area contributed by atoms with Gasteiger partial charge >= 0.3 is 0 Å². The number of hydrogen-bond donors (Lipinski definition) is 2. The number of carbonyl (C=O) groups excluding carboxylic acids is 1. The van der Waals surface area contributed by atoms with Crippen molar-refractivity contribution >= 4 is 23.2 Å². The van der Waals surface area contributed by atoms with Crippen LogP contribution in [-0.2, 0) is 17.8 Å². The number of nitrogens with zero attached hydrogens (tertiary/aromatic N) is 2. The van der Waals surface area contributed by atoms with Crippen LogP contribution in [0.5, 0.6) is 5.75 Å². The van der Waals surface area contributed by atoms with E-state index in [0.29, 0.717) is 41.4 Å². The number of anilines is 1. The Morgan fingerprint density at radius 2 is 1.77 bits per heavy atom. The number of hydrogen-bond acceptors (Lipinski definition) is 6. The highest BCUT2D eigenvalue weighted by Crippen LogP contribution is 2.34. The molecule has 3 aromatic rings. The van der Waals surface area contributed by atoms with E-state index < -0.39 is 0 Å². The summed E-state index contributed by atoms with van der Waals surface area (Å²) in [6.07, 6.45) is 4.32. The zero-order chi connectivity index (χ0) is 31.8. The molecule has 0 spiro atoms. The number of H-pyrrole nitrogens is 1. The summed E-state index contributed by atoms with van der Waals surface area (Å²) >= 11 is 6.60. The van der Waals surface area contributed by atoms with Crippen molar-refractivity contribution in [3.05, 3.63) is 91.4 Å². The highest BCUT2D eigenvalue weighted by Gasteiger charge is 2.29. The molecule has 1 fully saturated rings. The second-order valence-electron chi connectivity index (χ2n) is 11.9. The Morgan fingerprint density at radius 3 is 2.45 bits per heavy atom. The fraction of sp³-hybridized carbons (Fsp3) is 0.486. The van der Waals surface area contributed by atoms with Crippen molar-refractivity contribution in [2.45, 2.75) is 78.6 Å². The van der Waals surface area contributed by atoms with Crippen LogP contribution in [0.1, 0.15) is 71.0 Å². The van der Waals surface area contributed by atoms with Crippen molar-refractivity contribution in [1.29, 1.82) is 0 Å². The number of halogens is 1. The summed E-state index contributed by atoms with van der Waals surface area (Å²) in [5, 5.41) is 3.48. The molecule has 0 radical (unpaired) electrons. The summed E-state index contributed by atoms with van der Waals surface area (Å²) in [7, 11) is 3.88. The Morgan fingerprint density at radius 1 is 1.05 bits per heavy atom. The van der Waals surface area contributed by atoms with E-state index in [0.717, 1.165) is 67.2 Å². The Labute approximate surface area is 266 Å². The van der Waals surface area contributed by atoms with Gasteiger partial charge in [0, 0.05) is 78.1 Å². The summed E-state index contributed by atoms with van der Waals surface area (Å²) in [4.78, 5) is 33.9. The van der Waals surface area contributed by atoms with Gasteiger partial charge < -0.3 is 24.7 Å². The van der Waals surface area contributed by atoms with Gasteiger partial charge in [-0.3, -0.25) is 14.5 Å². The van der Waals surface area contributed by atoms with E-state index in [-0.39, 0.29) is 17.9 Å². The van der Waals surface area contributed by atoms with E-state index >= 15 is 0 Å². The van der Waals surface area contributed by atoms with Crippen LogP contribution in [0.2, 0.25) is 5.02 Å². The highest BCUT2D eigenvalue weighted by atomic mass is 35.5. The van der Waals surface area contributed by atoms with Crippen LogP contribution >= 0.6 is 11.6 Å². The molecule has 1 aliphatic carbocycles. The van der Waals surface area contributed by atoms with Gasteiger partial charge in [-0.15, -0.1) is 0 Å². The van der Waals surface area contributed by atoms with E-state index in [2.05, 4.69) is 46.2 Å². The molecule has 1 amide bonds. The van der Waals surface area contributed by atoms with Crippen LogP contribution in [0.15, 0.2) is 47.3 Å². The van der Waals surface area contributed by atoms with Crippen LogP contribution in [0.3, 0.4) is 0 Å². The lowest BCUT2D eigenvalue weighted by Crippen LogP contribution is -2.43. The van der Waals surface area contributed by atoms with Gasteiger partial charge in [-0.25, -0.2) is 0 Å². The van der Waals surface area contributed by atoms with Gasteiger partial charge in [0.05, 0.1) is 6.61 Å². The van der Waals surface area contributed by atoms with E-state index in [1.54, 1.807) is 19.2 Å². The van der Waals surface area contributed by atoms with Gasteiger partial charge in [0.1, 0.15) is 12.4 Å². The third-order valence-electron chi connectivity index (χ3n) is 8.76. The summed E-state index contributed by atoms with van der Waals surface area (Å²) in [6.45, 7) is 10.8. The molecule has 0 unspecified atom stereocenters. The van der Waals surface area contributed by atoms with Crippen LogP contribution in [0.4, 0.5) is 5.69 Å². The van der Waals surface area contributed by atoms with Crippen LogP contribution in [0, 0.1) is 20.8 Å². The number of aromatic nitrogens is 1. The maximum atomic E-state index is 13.4. The molecule has 1 aromatic heterocycles. The quantitative estimate of drug-likeness (QED) is 0.222. The normalized spacial score (nSPS) is 16.6. The minimum atomic E-state index is -0.236. The smallest absolute Gasteiger partial charge is 0.251 e. The number of rotatable bonds is 13. The van der Waals surface area contributed by atoms with E-state index in [9.17, 15) is 9.59 Å². The molecule has 44 heavy (non-hydrogen) atoms. The fourth-order valence-electron chi connectivity index (χ4n) is 6.39. The number of aromatic amines is 1. The molecule has 4 rings (SSSR count). The lowest BCUT2D eigenvalue weighted by atomic mass is 9.88. The number of aryl methyl sites for hydroxylation is 2. The second-order valence-corrected chi connectivity index (χ2v) is 12.3. The molecule has 1 aliphatic rings. The zero-order valence-electron chi connectivity index (χ0n) is 27.0. The first-order valence-corrected chi connectivity index (χ1v) is 15.9. The molecular formula is C35H47ClN4O4. The summed E-state index contributed by atoms with van der Waals surface area (Å²) in [6, 6.07) is 14.4. The van der Waals surface area contributed by atoms with Gasteiger partial charge in [0.15, 0.2) is 5.43 Å². The fourth-order valence-corrected chi connectivity index (χ4v) is 6.60. The standard InChI is InChI=1S/C35H47ClN4O4/c1-7-40(29-13-11-28(12-14-29)39(5)22-26-9-8-10-30(18-26)44-16-15-43-6)33-20-27(36)19-31(24(33)3)35(42)37-21-32-25(4)38-23(2)17-34(32)41/h8-10,17-20,28-29H,7,11-16,21-22H2,1-6H3,(H,37,42)(H,38,41). The molecule has 9 heteroatoms. The molecule has 2 aromatic carbocycles. The van der Waals surface area contributed by atoms with Crippen molar-refractivity contribution in [2.75, 3.05) is 38.8 Å². The number of amides is 1. The van der Waals surface area contributed by atoms with Crippen molar-refractivity contribution in [3.63, 3.8) is 0 Å². The van der Waals surface area contributed by atoms with Crippen molar-refractivity contribution in [2.24, 2.45) is 0 Å². The Balaban J connectivity index is 1.40. The van der Waals surface area contributed by atoms with E-state index in [4.69, 9.17) is 21.1 Å². The summed E-state index contributed by atoms with van der Waals surface area (Å²) in [5.41, 5.74) is 5.71. The van der Waals surface area contributed by atoms with Crippen molar-refractivity contribution < 1.29 is 14.3 Å². The maximum Gasteiger partial charge on any atom is 0.251 e. The SMILES string of the molecule is CCN(c1cc(Cl)cc(C(=O)NCc2c(C)[nH]c(C)cc2=O)c1C)C1CCC(N(C)Cc2cccc(OCCOC)c2)CC1. The molecular weight excluding hydrogens is 576 g/mol. The van der Waals surface area contributed by atoms with Gasteiger partial charge in [-0.05, 0) is 95.8 Å². The van der Waals surface area contributed by atoms with Gasteiger partial charge in [-0.2, -0.15) is 0 Å². The molecule has 0 atom stereocenters. The van der Waals surface area contributed by atoms with Crippen molar-refractivity contribution in [3.8, 4) is 5.75 Å². The predicted octanol–water partition coefficient (Wildman–Crippen LogP) is 6.18. The number of nitrogens with one attached hydrogen (secondary N) is 2. The predicted molar refractivity (Wildman–Crippen MR) is 178 cm³/mol. The summed E-state index contributed by atoms with van der Waals surface area (Å²) in [5.74, 6) is 0.638. The average molecular weight is 623 g/mol. The third kappa shape index (κ3) is 8.43. The Bertz CT molecular complexity index is 1480. The van der Waals surface area contributed by atoms with Crippen LogP contribution in [0.25, 0.3) is 0 Å².